The lowest BCUT2D eigenvalue weighted by molar-refractivity contribution is 0.118. The molecule has 0 aromatic rings. The van der Waals surface area contributed by atoms with E-state index >= 15 is 0 Å². The Morgan fingerprint density at radius 1 is 1.27 bits per heavy atom. The van der Waals surface area contributed by atoms with E-state index in [2.05, 4.69) is 38.0 Å². The van der Waals surface area contributed by atoms with Gasteiger partial charge in [-0.05, 0) is 45.7 Å². The van der Waals surface area contributed by atoms with Crippen molar-refractivity contribution in [1.29, 1.82) is 0 Å². The highest BCUT2D eigenvalue weighted by Crippen LogP contribution is 2.21. The first-order valence-corrected chi connectivity index (χ1v) is 6.54. The Balaban J connectivity index is 2.42. The molecule has 1 N–H and O–H groups in total. The summed E-state index contributed by atoms with van der Waals surface area (Å²) in [7, 11) is 2.07. The van der Waals surface area contributed by atoms with Gasteiger partial charge in [0.05, 0.1) is 0 Å². The number of hydrogen-bond donors (Lipinski definition) is 1. The van der Waals surface area contributed by atoms with E-state index in [0.717, 1.165) is 12.0 Å². The average Bonchev–Trinajstić information content (AvgIpc) is 2.20. The first-order valence-electron chi connectivity index (χ1n) is 6.54. The smallest absolute Gasteiger partial charge is 0.0110 e. The van der Waals surface area contributed by atoms with Crippen molar-refractivity contribution in [1.82, 2.24) is 10.2 Å². The first-order chi connectivity index (χ1) is 7.13. The Morgan fingerprint density at radius 3 is 2.60 bits per heavy atom. The minimum atomic E-state index is 0.655. The van der Waals surface area contributed by atoms with E-state index in [1.54, 1.807) is 0 Å². The molecule has 2 nitrogen and oxygen atoms in total. The molecule has 0 aromatic carbocycles. The van der Waals surface area contributed by atoms with Crippen molar-refractivity contribution < 1.29 is 0 Å². The highest BCUT2D eigenvalue weighted by atomic mass is 15.2. The molecular weight excluding hydrogens is 184 g/mol. The van der Waals surface area contributed by atoms with Crippen LogP contribution in [-0.4, -0.2) is 37.1 Å². The van der Waals surface area contributed by atoms with Gasteiger partial charge in [-0.3, -0.25) is 0 Å². The van der Waals surface area contributed by atoms with Gasteiger partial charge in [0.15, 0.2) is 0 Å². The summed E-state index contributed by atoms with van der Waals surface area (Å²) in [4.78, 5) is 2.71. The largest absolute Gasteiger partial charge is 0.317 e. The van der Waals surface area contributed by atoms with Crippen LogP contribution in [0.2, 0.25) is 0 Å². The van der Waals surface area contributed by atoms with Crippen LogP contribution in [0.1, 0.15) is 46.5 Å². The molecule has 0 aromatic heterocycles. The van der Waals surface area contributed by atoms with E-state index in [-0.39, 0.29) is 0 Å². The maximum Gasteiger partial charge on any atom is 0.0110 e. The van der Waals surface area contributed by atoms with E-state index in [9.17, 15) is 0 Å². The van der Waals surface area contributed by atoms with Gasteiger partial charge < -0.3 is 10.2 Å². The van der Waals surface area contributed by atoms with Gasteiger partial charge in [-0.15, -0.1) is 0 Å². The minimum absolute atomic E-state index is 0.655. The number of nitrogens with zero attached hydrogens (tertiary/aromatic N) is 1. The molecule has 2 heteroatoms. The van der Waals surface area contributed by atoms with Crippen LogP contribution in [0.15, 0.2) is 0 Å². The van der Waals surface area contributed by atoms with Gasteiger partial charge in [0.1, 0.15) is 0 Å². The lowest BCUT2D eigenvalue weighted by Gasteiger charge is -2.38. The molecule has 1 aliphatic heterocycles. The summed E-state index contributed by atoms with van der Waals surface area (Å²) in [5, 5.41) is 3.36. The quantitative estimate of drug-likeness (QED) is 0.753. The van der Waals surface area contributed by atoms with Gasteiger partial charge in [-0.1, -0.05) is 20.3 Å². The van der Waals surface area contributed by atoms with Crippen molar-refractivity contribution in [2.45, 2.75) is 58.5 Å². The van der Waals surface area contributed by atoms with Gasteiger partial charge in [0.25, 0.3) is 0 Å². The molecule has 0 bridgehead atoms. The van der Waals surface area contributed by atoms with Crippen molar-refractivity contribution in [3.05, 3.63) is 0 Å². The number of piperidine rings is 1. The fraction of sp³-hybridized carbons (Fsp3) is 1.00. The van der Waals surface area contributed by atoms with Crippen LogP contribution in [0.5, 0.6) is 0 Å². The van der Waals surface area contributed by atoms with Gasteiger partial charge in [-0.25, -0.2) is 0 Å². The third kappa shape index (κ3) is 4.52. The standard InChI is InChI=1S/C13H28N2/c1-11(2)10-15-8-6-5-7-13(15)9-12(3)14-4/h11-14H,5-10H2,1-4H3. The molecule has 1 aliphatic rings. The fourth-order valence-corrected chi connectivity index (χ4v) is 2.56. The third-order valence-corrected chi connectivity index (χ3v) is 3.47. The van der Waals surface area contributed by atoms with Crippen molar-refractivity contribution in [2.24, 2.45) is 5.92 Å². The monoisotopic (exact) mass is 212 g/mol. The average molecular weight is 212 g/mol. The molecule has 90 valence electrons. The molecule has 2 unspecified atom stereocenters. The maximum absolute atomic E-state index is 3.36. The summed E-state index contributed by atoms with van der Waals surface area (Å²) < 4.78 is 0. The van der Waals surface area contributed by atoms with Crippen molar-refractivity contribution in [2.75, 3.05) is 20.1 Å². The van der Waals surface area contributed by atoms with Crippen molar-refractivity contribution in [3.8, 4) is 0 Å². The summed E-state index contributed by atoms with van der Waals surface area (Å²) in [6.07, 6.45) is 5.54. The van der Waals surface area contributed by atoms with Crippen LogP contribution in [0.3, 0.4) is 0 Å². The number of hydrogen-bond acceptors (Lipinski definition) is 2. The highest BCUT2D eigenvalue weighted by Gasteiger charge is 2.23. The van der Waals surface area contributed by atoms with Gasteiger partial charge in [-0.2, -0.15) is 0 Å². The SMILES string of the molecule is CNC(C)CC1CCCCN1CC(C)C. The van der Waals surface area contributed by atoms with E-state index in [1.165, 1.54) is 38.8 Å². The topological polar surface area (TPSA) is 15.3 Å². The van der Waals surface area contributed by atoms with Crippen LogP contribution in [0.4, 0.5) is 0 Å². The van der Waals surface area contributed by atoms with Crippen LogP contribution in [0, 0.1) is 5.92 Å². The van der Waals surface area contributed by atoms with E-state index in [0.29, 0.717) is 6.04 Å². The fourth-order valence-electron chi connectivity index (χ4n) is 2.56. The molecule has 1 saturated heterocycles. The zero-order valence-electron chi connectivity index (χ0n) is 10.9. The summed E-state index contributed by atoms with van der Waals surface area (Å²) in [5.74, 6) is 0.801. The third-order valence-electron chi connectivity index (χ3n) is 3.47. The van der Waals surface area contributed by atoms with E-state index in [4.69, 9.17) is 0 Å². The summed E-state index contributed by atoms with van der Waals surface area (Å²) in [6.45, 7) is 9.54. The Hall–Kier alpha value is -0.0800. The van der Waals surface area contributed by atoms with E-state index in [1.807, 2.05) is 0 Å². The molecule has 0 amide bonds. The molecule has 15 heavy (non-hydrogen) atoms. The van der Waals surface area contributed by atoms with Crippen LogP contribution in [-0.2, 0) is 0 Å². The normalized spacial score (nSPS) is 25.8. The van der Waals surface area contributed by atoms with Crippen molar-refractivity contribution in [3.63, 3.8) is 0 Å². The second-order valence-corrected chi connectivity index (χ2v) is 5.46. The molecular formula is C13H28N2. The molecule has 0 spiro atoms. The second kappa shape index (κ2) is 6.49. The lowest BCUT2D eigenvalue weighted by Crippen LogP contribution is -2.44. The molecule has 0 saturated carbocycles. The zero-order valence-corrected chi connectivity index (χ0v) is 10.9. The van der Waals surface area contributed by atoms with E-state index < -0.39 is 0 Å². The summed E-state index contributed by atoms with van der Waals surface area (Å²) in [5.41, 5.74) is 0. The molecule has 1 heterocycles. The lowest BCUT2D eigenvalue weighted by atomic mass is 9.95. The highest BCUT2D eigenvalue weighted by molar-refractivity contribution is 4.80. The molecule has 2 atom stereocenters. The minimum Gasteiger partial charge on any atom is -0.317 e. The van der Waals surface area contributed by atoms with Gasteiger partial charge in [0.2, 0.25) is 0 Å². The number of nitrogens with one attached hydrogen (secondary N) is 1. The number of likely N-dealkylation sites (tertiary alicyclic amines) is 1. The second-order valence-electron chi connectivity index (χ2n) is 5.46. The van der Waals surface area contributed by atoms with Crippen LogP contribution in [0.25, 0.3) is 0 Å². The first kappa shape index (κ1) is 13.0. The Labute approximate surface area is 95.4 Å². The predicted molar refractivity (Wildman–Crippen MR) is 67.2 cm³/mol. The maximum atomic E-state index is 3.36. The van der Waals surface area contributed by atoms with Crippen molar-refractivity contribution >= 4 is 0 Å². The predicted octanol–water partition coefficient (Wildman–Crippen LogP) is 2.49. The number of rotatable bonds is 5. The summed E-state index contributed by atoms with van der Waals surface area (Å²) >= 11 is 0. The Kier molecular flexibility index (Phi) is 5.62. The molecule has 0 aliphatic carbocycles. The van der Waals surface area contributed by atoms with Crippen LogP contribution < -0.4 is 5.32 Å². The Bertz CT molecular complexity index is 168. The van der Waals surface area contributed by atoms with Gasteiger partial charge >= 0.3 is 0 Å². The molecule has 1 fully saturated rings. The van der Waals surface area contributed by atoms with Gasteiger partial charge in [0, 0.05) is 18.6 Å². The molecule has 1 rings (SSSR count). The Morgan fingerprint density at radius 2 is 2.00 bits per heavy atom. The molecule has 0 radical (unpaired) electrons. The summed E-state index contributed by atoms with van der Waals surface area (Å²) in [6, 6.07) is 1.48. The zero-order chi connectivity index (χ0) is 11.3. The van der Waals surface area contributed by atoms with Crippen LogP contribution >= 0.6 is 0 Å².